The van der Waals surface area contributed by atoms with Crippen molar-refractivity contribution in [2.45, 2.75) is 12.2 Å². The Morgan fingerprint density at radius 3 is 2.90 bits per heavy atom. The van der Waals surface area contributed by atoms with E-state index >= 15 is 0 Å². The third kappa shape index (κ3) is 2.70. The van der Waals surface area contributed by atoms with E-state index in [-0.39, 0.29) is 24.6 Å². The van der Waals surface area contributed by atoms with Crippen molar-refractivity contribution in [1.82, 2.24) is 10.2 Å². The molecule has 2 aliphatic rings. The van der Waals surface area contributed by atoms with Crippen molar-refractivity contribution in [3.05, 3.63) is 42.5 Å². The molecule has 2 unspecified atom stereocenters. The highest BCUT2D eigenvalue weighted by Gasteiger charge is 2.36. The zero-order valence-electron chi connectivity index (χ0n) is 10.6. The maximum atomic E-state index is 12.1. The van der Waals surface area contributed by atoms with Crippen LogP contribution in [0.25, 0.3) is 0 Å². The van der Waals surface area contributed by atoms with Crippen LogP contribution >= 0.6 is 12.4 Å². The predicted molar refractivity (Wildman–Crippen MR) is 77.9 cm³/mol. The lowest BCUT2D eigenvalue weighted by molar-refractivity contribution is 0.133. The maximum Gasteiger partial charge on any atom is 0.417 e. The summed E-state index contributed by atoms with van der Waals surface area (Å²) < 4.78 is 5.31. The van der Waals surface area contributed by atoms with Crippen LogP contribution in [0.3, 0.4) is 0 Å². The highest BCUT2D eigenvalue weighted by Crippen LogP contribution is 2.19. The summed E-state index contributed by atoms with van der Waals surface area (Å²) in [5.74, 6) is 0.862. The van der Waals surface area contributed by atoms with Crippen molar-refractivity contribution >= 4 is 24.5 Å². The number of halogens is 1. The first kappa shape index (κ1) is 14.2. The molecule has 7 heteroatoms. The molecule has 2 heterocycles. The van der Waals surface area contributed by atoms with Gasteiger partial charge >= 0.3 is 6.09 Å². The zero-order chi connectivity index (χ0) is 13.2. The number of nitrogens with zero attached hydrogens (tertiary/aromatic N) is 2. The number of fused-ring (bicyclic) bond motifs is 1. The smallest absolute Gasteiger partial charge is 0.410 e. The molecular weight excluding hydrogens is 280 g/mol. The lowest BCUT2D eigenvalue weighted by Crippen LogP contribution is -2.50. The summed E-state index contributed by atoms with van der Waals surface area (Å²) >= 11 is 0. The van der Waals surface area contributed by atoms with E-state index in [2.05, 4.69) is 10.3 Å². The quantitative estimate of drug-likeness (QED) is 0.760. The molecule has 0 fully saturated rings. The Morgan fingerprint density at radius 2 is 2.15 bits per heavy atom. The monoisotopic (exact) mass is 294 g/mol. The van der Waals surface area contributed by atoms with Crippen LogP contribution < -0.4 is 15.8 Å². The Kier molecular flexibility index (Phi) is 4.14. The van der Waals surface area contributed by atoms with Crippen LogP contribution in [-0.2, 0) is 0 Å². The summed E-state index contributed by atoms with van der Waals surface area (Å²) in [4.78, 5) is 17.9. The van der Waals surface area contributed by atoms with Gasteiger partial charge in [-0.1, -0.05) is 30.4 Å². The molecule has 0 aromatic heterocycles. The van der Waals surface area contributed by atoms with E-state index in [1.807, 2.05) is 30.4 Å². The summed E-state index contributed by atoms with van der Waals surface area (Å²) in [6.07, 6.45) is 3.10. The first-order valence-corrected chi connectivity index (χ1v) is 6.04. The summed E-state index contributed by atoms with van der Waals surface area (Å²) in [5.41, 5.74) is 5.64. The molecule has 0 saturated carbocycles. The molecule has 0 radical (unpaired) electrons. The molecule has 20 heavy (non-hydrogen) atoms. The molecule has 2 atom stereocenters. The molecule has 3 N–H and O–H groups in total. The number of hydrogen-bond acceptors (Lipinski definition) is 5. The number of hydrogen-bond donors (Lipinski definition) is 2. The molecular formula is C13H15ClN4O2. The molecule has 1 aromatic carbocycles. The number of nitrogens with one attached hydrogen (secondary N) is 1. The first-order chi connectivity index (χ1) is 9.24. The van der Waals surface area contributed by atoms with Gasteiger partial charge in [0, 0.05) is 6.54 Å². The minimum absolute atomic E-state index is 0. The summed E-state index contributed by atoms with van der Waals surface area (Å²) in [6, 6.07) is 8.89. The van der Waals surface area contributed by atoms with Crippen LogP contribution in [-0.4, -0.2) is 35.7 Å². The summed E-state index contributed by atoms with van der Waals surface area (Å²) in [5, 5.41) is 3.00. The van der Waals surface area contributed by atoms with Gasteiger partial charge in [-0.15, -0.1) is 12.4 Å². The van der Waals surface area contributed by atoms with Gasteiger partial charge in [0.15, 0.2) is 12.1 Å². The van der Waals surface area contributed by atoms with Crippen molar-refractivity contribution in [2.24, 2.45) is 10.7 Å². The molecule has 0 spiro atoms. The van der Waals surface area contributed by atoms with Crippen LogP contribution in [0, 0.1) is 0 Å². The molecule has 1 aromatic rings. The highest BCUT2D eigenvalue weighted by molar-refractivity contribution is 5.85. The van der Waals surface area contributed by atoms with E-state index in [4.69, 9.17) is 10.5 Å². The van der Waals surface area contributed by atoms with Gasteiger partial charge in [0.05, 0.1) is 6.04 Å². The van der Waals surface area contributed by atoms with Gasteiger partial charge in [-0.25, -0.2) is 9.79 Å². The topological polar surface area (TPSA) is 80.0 Å². The number of aliphatic imine (C=N–C) groups is 1. The zero-order valence-corrected chi connectivity index (χ0v) is 11.4. The average molecular weight is 295 g/mol. The normalized spacial score (nSPS) is 23.2. The van der Waals surface area contributed by atoms with E-state index in [1.165, 1.54) is 0 Å². The first-order valence-electron chi connectivity index (χ1n) is 6.04. The van der Waals surface area contributed by atoms with Crippen LogP contribution in [0.4, 0.5) is 4.79 Å². The predicted octanol–water partition coefficient (Wildman–Crippen LogP) is 1.09. The number of carbonyl (C=O) groups is 1. The number of ether oxygens (including phenoxy) is 1. The van der Waals surface area contributed by atoms with Crippen LogP contribution in [0.5, 0.6) is 5.75 Å². The number of rotatable bonds is 1. The van der Waals surface area contributed by atoms with Gasteiger partial charge in [0.2, 0.25) is 0 Å². The second kappa shape index (κ2) is 5.83. The number of benzene rings is 1. The van der Waals surface area contributed by atoms with Gasteiger partial charge < -0.3 is 15.8 Å². The van der Waals surface area contributed by atoms with Crippen molar-refractivity contribution in [3.63, 3.8) is 0 Å². The molecule has 0 saturated heterocycles. The Labute approximate surface area is 122 Å². The maximum absolute atomic E-state index is 12.1. The third-order valence-corrected chi connectivity index (χ3v) is 3.05. The fourth-order valence-corrected chi connectivity index (χ4v) is 2.18. The van der Waals surface area contributed by atoms with Crippen LogP contribution in [0.15, 0.2) is 47.5 Å². The fraction of sp³-hybridized carbons (Fsp3) is 0.231. The van der Waals surface area contributed by atoms with Crippen LogP contribution in [0.2, 0.25) is 0 Å². The summed E-state index contributed by atoms with van der Waals surface area (Å²) in [7, 11) is 0. The molecule has 0 bridgehead atoms. The lowest BCUT2D eigenvalue weighted by Gasteiger charge is -2.30. The van der Waals surface area contributed by atoms with Gasteiger partial charge in [0.25, 0.3) is 0 Å². The highest BCUT2D eigenvalue weighted by atomic mass is 35.5. The van der Waals surface area contributed by atoms with Gasteiger partial charge in [0.1, 0.15) is 5.75 Å². The molecule has 1 amide bonds. The van der Waals surface area contributed by atoms with Gasteiger partial charge in [-0.05, 0) is 12.1 Å². The minimum atomic E-state index is -0.425. The van der Waals surface area contributed by atoms with Gasteiger partial charge in [-0.3, -0.25) is 4.90 Å². The average Bonchev–Trinajstić information content (AvgIpc) is 2.79. The lowest BCUT2D eigenvalue weighted by atomic mass is 10.1. The molecule has 6 nitrogen and oxygen atoms in total. The fourth-order valence-electron chi connectivity index (χ4n) is 2.18. The van der Waals surface area contributed by atoms with Crippen molar-refractivity contribution in [2.75, 3.05) is 6.54 Å². The number of carbonyl (C=O) groups excluding carboxylic acids is 1. The molecule has 106 valence electrons. The minimum Gasteiger partial charge on any atom is -0.410 e. The Hall–Kier alpha value is -2.21. The van der Waals surface area contributed by atoms with Gasteiger partial charge in [-0.2, -0.15) is 0 Å². The van der Waals surface area contributed by atoms with Crippen LogP contribution in [0.1, 0.15) is 0 Å². The van der Waals surface area contributed by atoms with Crippen molar-refractivity contribution < 1.29 is 9.53 Å². The number of para-hydroxylation sites is 1. The molecule has 3 rings (SSSR count). The Morgan fingerprint density at radius 1 is 1.40 bits per heavy atom. The van der Waals surface area contributed by atoms with E-state index in [0.29, 0.717) is 18.3 Å². The number of guanidine groups is 1. The Balaban J connectivity index is 0.00000147. The van der Waals surface area contributed by atoms with E-state index < -0.39 is 6.09 Å². The van der Waals surface area contributed by atoms with E-state index in [0.717, 1.165) is 0 Å². The second-order valence-corrected chi connectivity index (χ2v) is 4.36. The van der Waals surface area contributed by atoms with Crippen molar-refractivity contribution in [3.8, 4) is 5.75 Å². The molecule has 2 aliphatic heterocycles. The number of nitrogens with two attached hydrogens (primary N) is 1. The standard InChI is InChI=1S/C13H14N4O2.ClH/c14-12-15-10-7-4-8-17(11(10)16-12)13(18)19-9-5-2-1-3-6-9;/h1-7,10-11H,8H2,(H3,14,15,16);1H. The SMILES string of the molecule is Cl.NC1=NC2C(C=CCN2C(=O)Oc2ccccc2)N1. The second-order valence-electron chi connectivity index (χ2n) is 4.36. The Bertz CT molecular complexity index is 547. The number of amides is 1. The summed E-state index contributed by atoms with van der Waals surface area (Å²) in [6.45, 7) is 0.464. The van der Waals surface area contributed by atoms with E-state index in [9.17, 15) is 4.79 Å². The van der Waals surface area contributed by atoms with E-state index in [1.54, 1.807) is 17.0 Å². The largest absolute Gasteiger partial charge is 0.417 e. The van der Waals surface area contributed by atoms with Crippen molar-refractivity contribution in [1.29, 1.82) is 0 Å². The third-order valence-electron chi connectivity index (χ3n) is 3.05. The molecule has 0 aliphatic carbocycles.